The summed E-state index contributed by atoms with van der Waals surface area (Å²) in [6.45, 7) is 14.1. The molecule has 0 aromatic carbocycles. The fourth-order valence-corrected chi connectivity index (χ4v) is 3.83. The summed E-state index contributed by atoms with van der Waals surface area (Å²) >= 11 is 0. The summed E-state index contributed by atoms with van der Waals surface area (Å²) in [5.74, 6) is 2.82. The van der Waals surface area contributed by atoms with Gasteiger partial charge in [0.2, 0.25) is 5.91 Å². The van der Waals surface area contributed by atoms with Gasteiger partial charge >= 0.3 is 0 Å². The average molecular weight is 338 g/mol. The zero-order valence-corrected chi connectivity index (χ0v) is 15.9. The number of amides is 1. The van der Waals surface area contributed by atoms with Crippen molar-refractivity contribution in [1.82, 2.24) is 20.0 Å². The van der Waals surface area contributed by atoms with Gasteiger partial charge in [-0.3, -0.25) is 14.7 Å². The van der Waals surface area contributed by atoms with E-state index in [2.05, 4.69) is 34.0 Å². The Kier molecular flexibility index (Phi) is 7.34. The Balaban J connectivity index is 1.67. The molecule has 2 heterocycles. The highest BCUT2D eigenvalue weighted by molar-refractivity contribution is 5.80. The van der Waals surface area contributed by atoms with Gasteiger partial charge in [-0.15, -0.1) is 0 Å². The Labute approximate surface area is 147 Å². The van der Waals surface area contributed by atoms with E-state index in [0.29, 0.717) is 0 Å². The number of hydrogen-bond donors (Lipinski definition) is 1. The van der Waals surface area contributed by atoms with Gasteiger partial charge in [0.1, 0.15) is 0 Å². The fourth-order valence-electron chi connectivity index (χ4n) is 3.83. The number of likely N-dealkylation sites (tertiary alicyclic amines) is 1. The first kappa shape index (κ1) is 19.0. The van der Waals surface area contributed by atoms with Crippen LogP contribution in [0.1, 0.15) is 33.6 Å². The van der Waals surface area contributed by atoms with E-state index in [1.54, 1.807) is 6.92 Å². The van der Waals surface area contributed by atoms with Gasteiger partial charge in [-0.2, -0.15) is 0 Å². The Bertz CT molecular complexity index is 429. The number of hydrogen-bond acceptors (Lipinski definition) is 3. The minimum absolute atomic E-state index is 0.193. The number of aliphatic imine (C=N–C) groups is 1. The number of carbonyl (C=O) groups excluding carboxylic acids is 1. The predicted octanol–water partition coefficient (Wildman–Crippen LogP) is 1.09. The fraction of sp³-hybridized carbons (Fsp3) is 0.889. The van der Waals surface area contributed by atoms with Gasteiger partial charge in [-0.1, -0.05) is 13.8 Å². The molecule has 138 valence electrons. The zero-order chi connectivity index (χ0) is 17.5. The summed E-state index contributed by atoms with van der Waals surface area (Å²) in [4.78, 5) is 22.6. The van der Waals surface area contributed by atoms with Crippen molar-refractivity contribution in [3.8, 4) is 0 Å². The number of guanidine groups is 1. The Morgan fingerprint density at radius 1 is 1.17 bits per heavy atom. The number of piperazine rings is 1. The molecule has 2 aliphatic heterocycles. The molecule has 2 fully saturated rings. The third-order valence-corrected chi connectivity index (χ3v) is 5.13. The monoisotopic (exact) mass is 337 g/mol. The molecule has 2 aliphatic rings. The number of nitrogens with one attached hydrogen (secondary N) is 1. The van der Waals surface area contributed by atoms with Crippen molar-refractivity contribution >= 4 is 11.9 Å². The van der Waals surface area contributed by atoms with E-state index in [4.69, 9.17) is 0 Å². The summed E-state index contributed by atoms with van der Waals surface area (Å²) in [5, 5.41) is 3.52. The molecule has 6 nitrogen and oxygen atoms in total. The normalized spacial score (nSPS) is 23.2. The smallest absolute Gasteiger partial charge is 0.219 e. The molecule has 0 radical (unpaired) electrons. The third-order valence-electron chi connectivity index (χ3n) is 5.13. The topological polar surface area (TPSA) is 51.2 Å². The quantitative estimate of drug-likeness (QED) is 0.603. The molecule has 0 spiro atoms. The van der Waals surface area contributed by atoms with E-state index in [0.717, 1.165) is 70.2 Å². The van der Waals surface area contributed by atoms with E-state index in [9.17, 15) is 4.79 Å². The first-order valence-corrected chi connectivity index (χ1v) is 9.43. The van der Waals surface area contributed by atoms with Crippen molar-refractivity contribution < 1.29 is 4.79 Å². The van der Waals surface area contributed by atoms with Crippen LogP contribution < -0.4 is 5.32 Å². The molecular formula is C18H35N5O. The van der Waals surface area contributed by atoms with Gasteiger partial charge in [-0.05, 0) is 24.7 Å². The maximum atomic E-state index is 11.4. The minimum Gasteiger partial charge on any atom is -0.355 e. The highest BCUT2D eigenvalue weighted by Gasteiger charge is 2.25. The first-order chi connectivity index (χ1) is 11.5. The van der Waals surface area contributed by atoms with Crippen molar-refractivity contribution in [3.63, 3.8) is 0 Å². The largest absolute Gasteiger partial charge is 0.355 e. The number of nitrogens with zero attached hydrogens (tertiary/aromatic N) is 4. The van der Waals surface area contributed by atoms with Crippen molar-refractivity contribution in [2.45, 2.75) is 33.6 Å². The standard InChI is InChI=1S/C18H35N5O/c1-15(2)13-17-5-7-23(14-17)18(19-4)20-6-8-21-9-11-22(12-10-21)16(3)24/h15,17H,5-14H2,1-4H3,(H,19,20). The predicted molar refractivity (Wildman–Crippen MR) is 99.2 cm³/mol. The van der Waals surface area contributed by atoms with Crippen molar-refractivity contribution in [2.75, 3.05) is 59.4 Å². The van der Waals surface area contributed by atoms with Crippen LogP contribution in [0.5, 0.6) is 0 Å². The molecule has 6 heteroatoms. The van der Waals surface area contributed by atoms with Gasteiger partial charge in [0.15, 0.2) is 5.96 Å². The van der Waals surface area contributed by atoms with E-state index in [1.165, 1.54) is 12.8 Å². The first-order valence-electron chi connectivity index (χ1n) is 9.43. The van der Waals surface area contributed by atoms with Gasteiger partial charge < -0.3 is 15.1 Å². The second-order valence-corrected chi connectivity index (χ2v) is 7.55. The summed E-state index contributed by atoms with van der Waals surface area (Å²) in [5.41, 5.74) is 0. The number of carbonyl (C=O) groups is 1. The Hall–Kier alpha value is -1.30. The molecule has 0 aliphatic carbocycles. The zero-order valence-electron chi connectivity index (χ0n) is 15.9. The highest BCUT2D eigenvalue weighted by atomic mass is 16.2. The van der Waals surface area contributed by atoms with Crippen LogP contribution in [-0.2, 0) is 4.79 Å². The molecule has 0 saturated carbocycles. The maximum absolute atomic E-state index is 11.4. The molecule has 1 unspecified atom stereocenters. The van der Waals surface area contributed by atoms with Crippen LogP contribution in [0, 0.1) is 11.8 Å². The molecule has 1 amide bonds. The Morgan fingerprint density at radius 2 is 1.88 bits per heavy atom. The molecule has 2 saturated heterocycles. The van der Waals surface area contributed by atoms with Crippen LogP contribution in [-0.4, -0.2) is 86.0 Å². The van der Waals surface area contributed by atoms with E-state index < -0.39 is 0 Å². The van der Waals surface area contributed by atoms with Crippen LogP contribution in [0.4, 0.5) is 0 Å². The van der Waals surface area contributed by atoms with E-state index in [-0.39, 0.29) is 5.91 Å². The van der Waals surface area contributed by atoms with Crippen LogP contribution in [0.25, 0.3) is 0 Å². The van der Waals surface area contributed by atoms with Gasteiger partial charge in [0.05, 0.1) is 0 Å². The lowest BCUT2D eigenvalue weighted by Crippen LogP contribution is -2.50. The van der Waals surface area contributed by atoms with Gasteiger partial charge in [-0.25, -0.2) is 0 Å². The molecule has 1 atom stereocenters. The van der Waals surface area contributed by atoms with Crippen molar-refractivity contribution in [1.29, 1.82) is 0 Å². The SMILES string of the molecule is CN=C(NCCN1CCN(C(C)=O)CC1)N1CCC(CC(C)C)C1. The summed E-state index contributed by atoms with van der Waals surface area (Å²) in [7, 11) is 1.88. The molecule has 2 rings (SSSR count). The van der Waals surface area contributed by atoms with Crippen LogP contribution >= 0.6 is 0 Å². The van der Waals surface area contributed by atoms with Crippen LogP contribution in [0.3, 0.4) is 0 Å². The molecule has 0 aromatic heterocycles. The lowest BCUT2D eigenvalue weighted by molar-refractivity contribution is -0.130. The Morgan fingerprint density at radius 3 is 2.46 bits per heavy atom. The average Bonchev–Trinajstić information content (AvgIpc) is 2.99. The van der Waals surface area contributed by atoms with Crippen LogP contribution in [0.15, 0.2) is 4.99 Å². The van der Waals surface area contributed by atoms with Crippen LogP contribution in [0.2, 0.25) is 0 Å². The van der Waals surface area contributed by atoms with Gasteiger partial charge in [0, 0.05) is 66.3 Å². The molecule has 0 aromatic rings. The third kappa shape index (κ3) is 5.65. The van der Waals surface area contributed by atoms with E-state index in [1.807, 2.05) is 11.9 Å². The minimum atomic E-state index is 0.193. The van der Waals surface area contributed by atoms with Crippen molar-refractivity contribution in [3.05, 3.63) is 0 Å². The van der Waals surface area contributed by atoms with Crippen molar-refractivity contribution in [2.24, 2.45) is 16.8 Å². The second kappa shape index (κ2) is 9.25. The molecular weight excluding hydrogens is 302 g/mol. The number of rotatable bonds is 5. The molecule has 1 N–H and O–H groups in total. The molecule has 24 heavy (non-hydrogen) atoms. The highest BCUT2D eigenvalue weighted by Crippen LogP contribution is 2.23. The second-order valence-electron chi connectivity index (χ2n) is 7.55. The van der Waals surface area contributed by atoms with E-state index >= 15 is 0 Å². The lowest BCUT2D eigenvalue weighted by atomic mass is 9.97. The summed E-state index contributed by atoms with van der Waals surface area (Å²) < 4.78 is 0. The summed E-state index contributed by atoms with van der Waals surface area (Å²) in [6.07, 6.45) is 2.60. The lowest BCUT2D eigenvalue weighted by Gasteiger charge is -2.34. The molecule has 0 bridgehead atoms. The van der Waals surface area contributed by atoms with Gasteiger partial charge in [0.25, 0.3) is 0 Å². The summed E-state index contributed by atoms with van der Waals surface area (Å²) in [6, 6.07) is 0. The maximum Gasteiger partial charge on any atom is 0.219 e.